The lowest BCUT2D eigenvalue weighted by molar-refractivity contribution is 0.572. The maximum absolute atomic E-state index is 5.60. The molecule has 2 N–H and O–H groups in total. The van der Waals surface area contributed by atoms with Gasteiger partial charge in [0.25, 0.3) is 0 Å². The van der Waals surface area contributed by atoms with Crippen molar-refractivity contribution in [2.24, 2.45) is 5.73 Å². The van der Waals surface area contributed by atoms with Gasteiger partial charge in [0.05, 0.1) is 4.95 Å². The molecule has 0 saturated carbocycles. The normalized spacial score (nSPS) is 14.2. The van der Waals surface area contributed by atoms with Gasteiger partial charge in [0.1, 0.15) is 2.14 Å². The quantitative estimate of drug-likeness (QED) is 0.277. The monoisotopic (exact) mass is 469 g/mol. The van der Waals surface area contributed by atoms with Crippen LogP contribution in [0.4, 0.5) is 0 Å². The van der Waals surface area contributed by atoms with Gasteiger partial charge in [-0.15, -0.1) is 0 Å². The fourth-order valence-electron chi connectivity index (χ4n) is 1.37. The van der Waals surface area contributed by atoms with Crippen molar-refractivity contribution in [3.63, 3.8) is 0 Å². The summed E-state index contributed by atoms with van der Waals surface area (Å²) >= 11 is 13.9. The van der Waals surface area contributed by atoms with Crippen LogP contribution in [0.2, 0.25) is 0 Å². The van der Waals surface area contributed by atoms with Crippen molar-refractivity contribution in [3.05, 3.63) is 0 Å². The van der Waals surface area contributed by atoms with E-state index >= 15 is 0 Å². The van der Waals surface area contributed by atoms with Gasteiger partial charge in [-0.1, -0.05) is 102 Å². The summed E-state index contributed by atoms with van der Waals surface area (Å²) in [6.07, 6.45) is 9.98. The summed E-state index contributed by atoms with van der Waals surface area (Å²) in [5.74, 6) is 0. The van der Waals surface area contributed by atoms with Gasteiger partial charge in [-0.05, 0) is 12.8 Å². The molecular formula is C10H19Br4N. The Kier molecular flexibility index (Phi) is 11.1. The molecule has 1 unspecified atom stereocenters. The fraction of sp³-hybridized carbons (Fsp3) is 1.00. The van der Waals surface area contributed by atoms with Crippen LogP contribution in [0.25, 0.3) is 0 Å². The summed E-state index contributed by atoms with van der Waals surface area (Å²) in [6.45, 7) is 0. The Morgan fingerprint density at radius 3 is 1.80 bits per heavy atom. The molecule has 0 saturated heterocycles. The van der Waals surface area contributed by atoms with Crippen molar-refractivity contribution in [1.29, 1.82) is 0 Å². The largest absolute Gasteiger partial charge is 0.319 e. The van der Waals surface area contributed by atoms with Crippen LogP contribution in [0.3, 0.4) is 0 Å². The van der Waals surface area contributed by atoms with Crippen molar-refractivity contribution < 1.29 is 0 Å². The van der Waals surface area contributed by atoms with Gasteiger partial charge in [0.15, 0.2) is 0 Å². The Bertz CT molecular complexity index is 145. The van der Waals surface area contributed by atoms with E-state index in [1.807, 2.05) is 0 Å². The molecule has 0 spiro atoms. The van der Waals surface area contributed by atoms with Crippen LogP contribution >= 0.6 is 63.7 Å². The Labute approximate surface area is 127 Å². The third-order valence-electron chi connectivity index (χ3n) is 2.19. The molecule has 1 nitrogen and oxygen atoms in total. The summed E-state index contributed by atoms with van der Waals surface area (Å²) < 4.78 is -0.0459. The van der Waals surface area contributed by atoms with E-state index in [0.717, 1.165) is 12.8 Å². The number of hydrogen-bond acceptors (Lipinski definition) is 1. The maximum atomic E-state index is 5.60. The topological polar surface area (TPSA) is 26.0 Å². The van der Waals surface area contributed by atoms with E-state index in [4.69, 9.17) is 5.73 Å². The molecule has 0 aromatic rings. The molecule has 0 aromatic heterocycles. The fourth-order valence-corrected chi connectivity index (χ4v) is 2.54. The van der Waals surface area contributed by atoms with Gasteiger partial charge >= 0.3 is 0 Å². The molecule has 0 aliphatic rings. The standard InChI is InChI=1S/C10H19Br4N/c11-9(15)7-5-3-1-2-4-6-8-10(12,13)14/h9H,1-8,15H2. The number of rotatable bonds is 8. The van der Waals surface area contributed by atoms with E-state index in [9.17, 15) is 0 Å². The predicted molar refractivity (Wildman–Crippen MR) is 83.4 cm³/mol. The number of nitrogens with two attached hydrogens (primary N) is 1. The second kappa shape index (κ2) is 9.86. The minimum absolute atomic E-state index is 0.0459. The van der Waals surface area contributed by atoms with Crippen molar-refractivity contribution in [2.75, 3.05) is 0 Å². The minimum Gasteiger partial charge on any atom is -0.319 e. The van der Waals surface area contributed by atoms with Gasteiger partial charge in [-0.25, -0.2) is 0 Å². The summed E-state index contributed by atoms with van der Waals surface area (Å²) in [7, 11) is 0. The van der Waals surface area contributed by atoms with Crippen molar-refractivity contribution >= 4 is 63.7 Å². The average molecular weight is 473 g/mol. The van der Waals surface area contributed by atoms with E-state index in [2.05, 4.69) is 63.7 Å². The van der Waals surface area contributed by atoms with Crippen LogP contribution in [-0.4, -0.2) is 7.09 Å². The number of alkyl halides is 4. The zero-order chi connectivity index (χ0) is 11.7. The first-order chi connectivity index (χ1) is 6.92. The predicted octanol–water partition coefficient (Wildman–Crippen LogP) is 5.63. The van der Waals surface area contributed by atoms with Crippen molar-refractivity contribution in [2.45, 2.75) is 58.5 Å². The molecule has 0 heterocycles. The lowest BCUT2D eigenvalue weighted by Gasteiger charge is -2.10. The molecule has 92 valence electrons. The molecule has 1 atom stereocenters. The first kappa shape index (κ1) is 16.9. The summed E-state index contributed by atoms with van der Waals surface area (Å²) in [4.78, 5) is 0.188. The van der Waals surface area contributed by atoms with Crippen LogP contribution in [0.15, 0.2) is 0 Å². The Morgan fingerprint density at radius 2 is 1.33 bits per heavy atom. The first-order valence-electron chi connectivity index (χ1n) is 5.38. The second-order valence-corrected chi connectivity index (χ2v) is 12.2. The Morgan fingerprint density at radius 1 is 0.867 bits per heavy atom. The third kappa shape index (κ3) is 15.9. The molecule has 15 heavy (non-hydrogen) atoms. The molecule has 0 aromatic carbocycles. The minimum atomic E-state index is -0.0459. The average Bonchev–Trinajstić information content (AvgIpc) is 2.07. The molecular weight excluding hydrogens is 454 g/mol. The van der Waals surface area contributed by atoms with Gasteiger partial charge in [0, 0.05) is 0 Å². The zero-order valence-electron chi connectivity index (χ0n) is 8.82. The van der Waals surface area contributed by atoms with Crippen molar-refractivity contribution in [1.82, 2.24) is 0 Å². The summed E-state index contributed by atoms with van der Waals surface area (Å²) in [6, 6.07) is 0. The molecule has 0 fully saturated rings. The van der Waals surface area contributed by atoms with E-state index in [-0.39, 0.29) is 7.09 Å². The van der Waals surface area contributed by atoms with E-state index in [1.165, 1.54) is 38.5 Å². The van der Waals surface area contributed by atoms with Gasteiger partial charge in [-0.2, -0.15) is 0 Å². The summed E-state index contributed by atoms with van der Waals surface area (Å²) in [5.41, 5.74) is 5.60. The van der Waals surface area contributed by atoms with E-state index in [1.54, 1.807) is 0 Å². The molecule has 0 rings (SSSR count). The summed E-state index contributed by atoms with van der Waals surface area (Å²) in [5, 5.41) is 0. The highest BCUT2D eigenvalue weighted by Gasteiger charge is 2.15. The zero-order valence-corrected chi connectivity index (χ0v) is 15.2. The number of halogens is 4. The van der Waals surface area contributed by atoms with E-state index < -0.39 is 0 Å². The van der Waals surface area contributed by atoms with Crippen LogP contribution in [0, 0.1) is 0 Å². The highest BCUT2D eigenvalue weighted by molar-refractivity contribution is 9.39. The molecule has 0 aliphatic carbocycles. The molecule has 0 aliphatic heterocycles. The van der Waals surface area contributed by atoms with Crippen LogP contribution in [0.1, 0.15) is 51.4 Å². The van der Waals surface area contributed by atoms with Crippen LogP contribution < -0.4 is 5.73 Å². The molecule has 0 radical (unpaired) electrons. The molecule has 5 heteroatoms. The Balaban J connectivity index is 3.06. The number of unbranched alkanes of at least 4 members (excludes halogenated alkanes) is 5. The highest BCUT2D eigenvalue weighted by Crippen LogP contribution is 2.38. The van der Waals surface area contributed by atoms with E-state index in [0.29, 0.717) is 0 Å². The first-order valence-corrected chi connectivity index (χ1v) is 8.67. The Hall–Kier alpha value is 1.88. The van der Waals surface area contributed by atoms with Crippen LogP contribution in [0.5, 0.6) is 0 Å². The van der Waals surface area contributed by atoms with Crippen LogP contribution in [-0.2, 0) is 0 Å². The number of hydrogen-bond donors (Lipinski definition) is 1. The maximum Gasteiger partial charge on any atom is 0.135 e. The van der Waals surface area contributed by atoms with Crippen molar-refractivity contribution in [3.8, 4) is 0 Å². The molecule has 0 amide bonds. The SMILES string of the molecule is NC(Br)CCCCCCCCC(Br)(Br)Br. The van der Waals surface area contributed by atoms with Gasteiger partial charge < -0.3 is 5.73 Å². The van der Waals surface area contributed by atoms with Gasteiger partial charge in [0.2, 0.25) is 0 Å². The molecule has 0 bridgehead atoms. The second-order valence-electron chi connectivity index (χ2n) is 3.79. The van der Waals surface area contributed by atoms with Gasteiger partial charge in [-0.3, -0.25) is 0 Å². The lowest BCUT2D eigenvalue weighted by Crippen LogP contribution is -2.09. The third-order valence-corrected chi connectivity index (χ3v) is 3.84. The highest BCUT2D eigenvalue weighted by atomic mass is 80.0. The smallest absolute Gasteiger partial charge is 0.135 e. The lowest BCUT2D eigenvalue weighted by atomic mass is 10.1.